The molecule has 0 aliphatic heterocycles. The highest BCUT2D eigenvalue weighted by atomic mass is 15.2. The zero-order valence-corrected chi connectivity index (χ0v) is 12.3. The Morgan fingerprint density at radius 2 is 2.10 bits per heavy atom. The number of rotatable bonds is 6. The van der Waals surface area contributed by atoms with Crippen LogP contribution in [0.15, 0.2) is 12.5 Å². The van der Waals surface area contributed by atoms with Crippen molar-refractivity contribution in [3.63, 3.8) is 0 Å². The zero-order chi connectivity index (χ0) is 14.1. The molecule has 3 rings (SSSR count). The second-order valence-electron chi connectivity index (χ2n) is 5.59. The predicted molar refractivity (Wildman–Crippen MR) is 80.4 cm³/mol. The first kappa shape index (κ1) is 13.2. The van der Waals surface area contributed by atoms with Gasteiger partial charge in [-0.3, -0.25) is 0 Å². The highest BCUT2D eigenvalue weighted by molar-refractivity contribution is 5.68. The second kappa shape index (κ2) is 5.31. The van der Waals surface area contributed by atoms with Crippen molar-refractivity contribution in [2.75, 3.05) is 5.73 Å². The van der Waals surface area contributed by atoms with Gasteiger partial charge >= 0.3 is 0 Å². The van der Waals surface area contributed by atoms with E-state index in [9.17, 15) is 0 Å². The summed E-state index contributed by atoms with van der Waals surface area (Å²) in [6.45, 7) is 5.30. The monoisotopic (exact) mass is 273 g/mol. The summed E-state index contributed by atoms with van der Waals surface area (Å²) < 4.78 is 4.40. The van der Waals surface area contributed by atoms with Gasteiger partial charge in [0.15, 0.2) is 0 Å². The van der Waals surface area contributed by atoms with Gasteiger partial charge in [-0.25, -0.2) is 9.97 Å². The van der Waals surface area contributed by atoms with Crippen LogP contribution in [-0.2, 0) is 13.0 Å². The zero-order valence-electron chi connectivity index (χ0n) is 12.3. The fourth-order valence-electron chi connectivity index (χ4n) is 2.76. The molecule has 1 fully saturated rings. The SMILES string of the molecule is CCCc1nc(-c2cncn2CCC)c(N)n1C1CC1. The molecule has 0 amide bonds. The van der Waals surface area contributed by atoms with Gasteiger partial charge in [-0.05, 0) is 25.7 Å². The van der Waals surface area contributed by atoms with E-state index in [-0.39, 0.29) is 0 Å². The van der Waals surface area contributed by atoms with Crippen molar-refractivity contribution in [1.29, 1.82) is 0 Å². The molecule has 2 aromatic rings. The topological polar surface area (TPSA) is 61.7 Å². The molecule has 108 valence electrons. The molecule has 0 spiro atoms. The Morgan fingerprint density at radius 3 is 2.75 bits per heavy atom. The minimum absolute atomic E-state index is 0.570. The second-order valence-corrected chi connectivity index (χ2v) is 5.59. The van der Waals surface area contributed by atoms with Crippen LogP contribution in [0.25, 0.3) is 11.4 Å². The summed E-state index contributed by atoms with van der Waals surface area (Å²) in [7, 11) is 0. The Balaban J connectivity index is 2.04. The van der Waals surface area contributed by atoms with E-state index in [1.54, 1.807) is 0 Å². The van der Waals surface area contributed by atoms with E-state index in [0.29, 0.717) is 6.04 Å². The van der Waals surface area contributed by atoms with E-state index in [4.69, 9.17) is 10.7 Å². The Bertz CT molecular complexity index is 591. The van der Waals surface area contributed by atoms with Crippen LogP contribution in [0, 0.1) is 0 Å². The highest BCUT2D eigenvalue weighted by Gasteiger charge is 2.30. The van der Waals surface area contributed by atoms with E-state index in [1.807, 2.05) is 12.5 Å². The third-order valence-electron chi connectivity index (χ3n) is 3.83. The molecule has 1 aliphatic rings. The molecule has 0 unspecified atom stereocenters. The maximum atomic E-state index is 6.39. The van der Waals surface area contributed by atoms with Crippen LogP contribution in [0.3, 0.4) is 0 Å². The molecule has 0 aromatic carbocycles. The standard InChI is InChI=1S/C15H23N5/c1-3-5-13-18-14(15(16)20(13)11-6-7-11)12-9-17-10-19(12)8-4-2/h9-11H,3-8,16H2,1-2H3. The van der Waals surface area contributed by atoms with Gasteiger partial charge in [0.1, 0.15) is 17.3 Å². The summed E-state index contributed by atoms with van der Waals surface area (Å²) in [5, 5.41) is 0. The normalized spacial score (nSPS) is 14.9. The third-order valence-corrected chi connectivity index (χ3v) is 3.83. The fourth-order valence-corrected chi connectivity index (χ4v) is 2.76. The number of imidazole rings is 2. The number of nitrogens with two attached hydrogens (primary N) is 1. The molecule has 2 aromatic heterocycles. The Hall–Kier alpha value is -1.78. The number of nitrogens with zero attached hydrogens (tertiary/aromatic N) is 4. The van der Waals surface area contributed by atoms with Crippen molar-refractivity contribution >= 4 is 5.82 Å². The number of aromatic nitrogens is 4. The molecule has 0 bridgehead atoms. The van der Waals surface area contributed by atoms with Crippen LogP contribution in [0.4, 0.5) is 5.82 Å². The molecule has 0 radical (unpaired) electrons. The number of nitrogen functional groups attached to an aromatic ring is 1. The van der Waals surface area contributed by atoms with Crippen LogP contribution in [0.5, 0.6) is 0 Å². The van der Waals surface area contributed by atoms with Crippen molar-refractivity contribution in [2.24, 2.45) is 0 Å². The van der Waals surface area contributed by atoms with Gasteiger partial charge in [0.05, 0.1) is 18.2 Å². The summed E-state index contributed by atoms with van der Waals surface area (Å²) in [5.74, 6) is 1.94. The Labute approximate surface area is 119 Å². The van der Waals surface area contributed by atoms with Crippen LogP contribution in [0.2, 0.25) is 0 Å². The summed E-state index contributed by atoms with van der Waals surface area (Å²) in [5.41, 5.74) is 8.34. The third kappa shape index (κ3) is 2.21. The largest absolute Gasteiger partial charge is 0.383 e. The van der Waals surface area contributed by atoms with E-state index in [0.717, 1.165) is 48.8 Å². The van der Waals surface area contributed by atoms with E-state index in [1.165, 1.54) is 12.8 Å². The van der Waals surface area contributed by atoms with Crippen molar-refractivity contribution in [3.05, 3.63) is 18.3 Å². The summed E-state index contributed by atoms with van der Waals surface area (Å²) in [4.78, 5) is 9.09. The van der Waals surface area contributed by atoms with Crippen molar-refractivity contribution in [3.8, 4) is 11.4 Å². The maximum Gasteiger partial charge on any atom is 0.133 e. The highest BCUT2D eigenvalue weighted by Crippen LogP contribution is 2.41. The number of hydrogen-bond donors (Lipinski definition) is 1. The molecule has 2 heterocycles. The predicted octanol–water partition coefficient (Wildman–Crippen LogP) is 3.03. The molecule has 1 saturated carbocycles. The van der Waals surface area contributed by atoms with Crippen molar-refractivity contribution in [2.45, 2.75) is 58.5 Å². The van der Waals surface area contributed by atoms with E-state index < -0.39 is 0 Å². The molecule has 5 heteroatoms. The van der Waals surface area contributed by atoms with E-state index >= 15 is 0 Å². The molecule has 0 saturated heterocycles. The van der Waals surface area contributed by atoms with Gasteiger partial charge in [0.25, 0.3) is 0 Å². The molecular weight excluding hydrogens is 250 g/mol. The van der Waals surface area contributed by atoms with Crippen LogP contribution >= 0.6 is 0 Å². The lowest BCUT2D eigenvalue weighted by molar-refractivity contribution is 0.676. The van der Waals surface area contributed by atoms with Gasteiger partial charge < -0.3 is 14.9 Å². The summed E-state index contributed by atoms with van der Waals surface area (Å²) in [6, 6.07) is 0.570. The van der Waals surface area contributed by atoms with Crippen molar-refractivity contribution < 1.29 is 0 Å². The molecule has 20 heavy (non-hydrogen) atoms. The van der Waals surface area contributed by atoms with Gasteiger partial charge in [0, 0.05) is 19.0 Å². The lowest BCUT2D eigenvalue weighted by Crippen LogP contribution is -2.05. The van der Waals surface area contributed by atoms with Crippen LogP contribution in [-0.4, -0.2) is 19.1 Å². The molecule has 1 aliphatic carbocycles. The summed E-state index contributed by atoms with van der Waals surface area (Å²) >= 11 is 0. The van der Waals surface area contributed by atoms with E-state index in [2.05, 4.69) is 28.0 Å². The first-order chi connectivity index (χ1) is 9.76. The molecule has 5 nitrogen and oxygen atoms in total. The van der Waals surface area contributed by atoms with Crippen LogP contribution in [0.1, 0.15) is 51.4 Å². The lowest BCUT2D eigenvalue weighted by atomic mass is 10.3. The maximum absolute atomic E-state index is 6.39. The smallest absolute Gasteiger partial charge is 0.133 e. The first-order valence-corrected chi connectivity index (χ1v) is 7.63. The summed E-state index contributed by atoms with van der Waals surface area (Å²) in [6.07, 6.45) is 9.36. The molecular formula is C15H23N5. The number of hydrogen-bond acceptors (Lipinski definition) is 3. The van der Waals surface area contributed by atoms with Gasteiger partial charge in [-0.15, -0.1) is 0 Å². The first-order valence-electron chi connectivity index (χ1n) is 7.63. The quantitative estimate of drug-likeness (QED) is 0.880. The van der Waals surface area contributed by atoms with Gasteiger partial charge in [-0.1, -0.05) is 13.8 Å². The van der Waals surface area contributed by atoms with Crippen LogP contribution < -0.4 is 5.73 Å². The number of aryl methyl sites for hydroxylation is 2. The van der Waals surface area contributed by atoms with Gasteiger partial charge in [-0.2, -0.15) is 0 Å². The average Bonchev–Trinajstić information content (AvgIpc) is 3.07. The minimum Gasteiger partial charge on any atom is -0.383 e. The van der Waals surface area contributed by atoms with Gasteiger partial charge in [0.2, 0.25) is 0 Å². The van der Waals surface area contributed by atoms with Crippen molar-refractivity contribution in [1.82, 2.24) is 19.1 Å². The Kier molecular flexibility index (Phi) is 3.51. The Morgan fingerprint density at radius 1 is 1.30 bits per heavy atom. The minimum atomic E-state index is 0.570. The fraction of sp³-hybridized carbons (Fsp3) is 0.600. The molecule has 0 atom stereocenters. The number of anilines is 1. The molecule has 2 N–H and O–H groups in total. The lowest BCUT2D eigenvalue weighted by Gasteiger charge is -2.08. The average molecular weight is 273 g/mol.